The van der Waals surface area contributed by atoms with Gasteiger partial charge in [-0.1, -0.05) is 35.5 Å². The predicted octanol–water partition coefficient (Wildman–Crippen LogP) is 3.43. The minimum absolute atomic E-state index is 0.172. The number of benzene rings is 1. The molecule has 0 radical (unpaired) electrons. The van der Waals surface area contributed by atoms with E-state index in [1.165, 1.54) is 24.8 Å². The van der Waals surface area contributed by atoms with E-state index in [0.29, 0.717) is 12.2 Å². The first-order valence-electron chi connectivity index (χ1n) is 10.1. The largest absolute Gasteiger partial charge is 0.361 e. The van der Waals surface area contributed by atoms with Crippen LogP contribution in [0.15, 0.2) is 40.9 Å². The highest BCUT2D eigenvalue weighted by atomic mass is 16.5. The maximum atomic E-state index is 12.8. The van der Waals surface area contributed by atoms with Gasteiger partial charge in [-0.15, -0.1) is 0 Å². The van der Waals surface area contributed by atoms with Crippen molar-refractivity contribution >= 4 is 5.91 Å². The smallest absolute Gasteiger partial charge is 0.230 e. The molecule has 2 fully saturated rings. The van der Waals surface area contributed by atoms with Crippen LogP contribution in [0, 0.1) is 12.3 Å². The molecule has 1 atom stereocenters. The van der Waals surface area contributed by atoms with Crippen LogP contribution in [0.25, 0.3) is 0 Å². The van der Waals surface area contributed by atoms with Crippen molar-refractivity contribution in [2.75, 3.05) is 26.2 Å². The molecule has 1 unspecified atom stereocenters. The summed E-state index contributed by atoms with van der Waals surface area (Å²) in [6.07, 6.45) is 5.09. The Morgan fingerprint density at radius 3 is 2.67 bits per heavy atom. The Balaban J connectivity index is 1.39. The van der Waals surface area contributed by atoms with Gasteiger partial charge in [0, 0.05) is 37.7 Å². The molecule has 0 aliphatic carbocycles. The van der Waals surface area contributed by atoms with Crippen molar-refractivity contribution in [1.82, 2.24) is 15.0 Å². The average molecular weight is 367 g/mol. The third-order valence-corrected chi connectivity index (χ3v) is 6.01. The molecule has 2 aromatic rings. The third-order valence-electron chi connectivity index (χ3n) is 6.01. The summed E-state index contributed by atoms with van der Waals surface area (Å²) in [5.41, 5.74) is 2.45. The maximum Gasteiger partial charge on any atom is 0.230 e. The molecule has 27 heavy (non-hydrogen) atoms. The van der Waals surface area contributed by atoms with Gasteiger partial charge in [-0.2, -0.15) is 0 Å². The fraction of sp³-hybridized carbons (Fsp3) is 0.545. The molecule has 0 N–H and O–H groups in total. The van der Waals surface area contributed by atoms with Crippen molar-refractivity contribution in [2.24, 2.45) is 5.41 Å². The lowest BCUT2D eigenvalue weighted by molar-refractivity contribution is -0.135. The second-order valence-electron chi connectivity index (χ2n) is 8.33. The molecule has 144 valence electrons. The van der Waals surface area contributed by atoms with Gasteiger partial charge < -0.3 is 9.42 Å². The van der Waals surface area contributed by atoms with E-state index in [9.17, 15) is 4.79 Å². The third kappa shape index (κ3) is 4.41. The number of nitrogens with zero attached hydrogens (tertiary/aromatic N) is 3. The summed E-state index contributed by atoms with van der Waals surface area (Å²) >= 11 is 0. The summed E-state index contributed by atoms with van der Waals surface area (Å²) in [7, 11) is 0. The first-order valence-corrected chi connectivity index (χ1v) is 10.1. The van der Waals surface area contributed by atoms with Crippen LogP contribution in [-0.2, 0) is 17.8 Å². The van der Waals surface area contributed by atoms with E-state index in [1.54, 1.807) is 0 Å². The predicted molar refractivity (Wildman–Crippen MR) is 104 cm³/mol. The molecule has 5 heteroatoms. The van der Waals surface area contributed by atoms with Crippen molar-refractivity contribution in [3.63, 3.8) is 0 Å². The highest BCUT2D eigenvalue weighted by Gasteiger charge is 2.40. The van der Waals surface area contributed by atoms with E-state index >= 15 is 0 Å². The Morgan fingerprint density at radius 2 is 1.93 bits per heavy atom. The van der Waals surface area contributed by atoms with Crippen molar-refractivity contribution in [1.29, 1.82) is 0 Å². The lowest BCUT2D eigenvalue weighted by Crippen LogP contribution is -2.53. The van der Waals surface area contributed by atoms with E-state index < -0.39 is 0 Å². The topological polar surface area (TPSA) is 49.6 Å². The summed E-state index contributed by atoms with van der Waals surface area (Å²) in [6.45, 7) is 6.89. The van der Waals surface area contributed by atoms with Gasteiger partial charge in [0.05, 0.1) is 12.1 Å². The van der Waals surface area contributed by atoms with Crippen LogP contribution >= 0.6 is 0 Å². The van der Waals surface area contributed by atoms with Gasteiger partial charge in [0.25, 0.3) is 0 Å². The number of aromatic nitrogens is 1. The molecule has 2 saturated heterocycles. The number of piperidine rings is 2. The minimum atomic E-state index is 0.172. The first kappa shape index (κ1) is 18.2. The summed E-state index contributed by atoms with van der Waals surface area (Å²) in [4.78, 5) is 17.4. The first-order chi connectivity index (χ1) is 13.1. The molecule has 2 aliphatic rings. The van der Waals surface area contributed by atoms with Crippen LogP contribution in [-0.4, -0.2) is 47.0 Å². The van der Waals surface area contributed by atoms with Gasteiger partial charge in [-0.3, -0.25) is 9.69 Å². The number of aryl methyl sites for hydroxylation is 1. The zero-order chi connectivity index (χ0) is 18.7. The fourth-order valence-corrected chi connectivity index (χ4v) is 4.80. The van der Waals surface area contributed by atoms with Crippen LogP contribution in [0.3, 0.4) is 0 Å². The number of carbonyl (C=O) groups is 1. The van der Waals surface area contributed by atoms with E-state index in [1.807, 2.05) is 13.0 Å². The second kappa shape index (κ2) is 7.85. The molecule has 0 bridgehead atoms. The van der Waals surface area contributed by atoms with Crippen LogP contribution in [0.4, 0.5) is 0 Å². The molecule has 1 aromatic heterocycles. The Kier molecular flexibility index (Phi) is 5.30. The number of likely N-dealkylation sites (tertiary alicyclic amines) is 2. The Labute approximate surface area is 161 Å². The molecule has 0 saturated carbocycles. The highest BCUT2D eigenvalue weighted by molar-refractivity contribution is 5.78. The number of carbonyl (C=O) groups excluding carboxylic acids is 1. The molecular formula is C22H29N3O2. The second-order valence-corrected chi connectivity index (χ2v) is 8.33. The van der Waals surface area contributed by atoms with Gasteiger partial charge in [-0.25, -0.2) is 0 Å². The van der Waals surface area contributed by atoms with E-state index in [-0.39, 0.29) is 11.3 Å². The monoisotopic (exact) mass is 367 g/mol. The van der Waals surface area contributed by atoms with Gasteiger partial charge in [0.2, 0.25) is 5.91 Å². The Hall–Kier alpha value is -2.14. The average Bonchev–Trinajstić information content (AvgIpc) is 3.07. The van der Waals surface area contributed by atoms with E-state index in [0.717, 1.165) is 44.8 Å². The summed E-state index contributed by atoms with van der Waals surface area (Å²) in [5, 5.41) is 3.90. The van der Waals surface area contributed by atoms with E-state index in [2.05, 4.69) is 45.3 Å². The summed E-state index contributed by atoms with van der Waals surface area (Å²) in [6, 6.07) is 12.6. The molecule has 3 heterocycles. The van der Waals surface area contributed by atoms with Crippen molar-refractivity contribution in [2.45, 2.75) is 45.6 Å². The zero-order valence-corrected chi connectivity index (χ0v) is 16.2. The fourth-order valence-electron chi connectivity index (χ4n) is 4.80. The van der Waals surface area contributed by atoms with Gasteiger partial charge in [0.15, 0.2) is 0 Å². The zero-order valence-electron chi connectivity index (χ0n) is 16.2. The number of rotatable bonds is 4. The molecular weight excluding hydrogens is 338 g/mol. The highest BCUT2D eigenvalue weighted by Crippen LogP contribution is 2.39. The lowest BCUT2D eigenvalue weighted by Gasteiger charge is -2.48. The molecule has 1 amide bonds. The number of amides is 1. The van der Waals surface area contributed by atoms with Crippen LogP contribution in [0.5, 0.6) is 0 Å². The lowest BCUT2D eigenvalue weighted by atomic mass is 9.73. The van der Waals surface area contributed by atoms with Crippen LogP contribution < -0.4 is 0 Å². The van der Waals surface area contributed by atoms with Crippen molar-refractivity contribution in [3.05, 3.63) is 53.4 Å². The number of hydrogen-bond donors (Lipinski definition) is 0. The van der Waals surface area contributed by atoms with Gasteiger partial charge >= 0.3 is 0 Å². The summed E-state index contributed by atoms with van der Waals surface area (Å²) in [5.74, 6) is 0.844. The van der Waals surface area contributed by atoms with Crippen molar-refractivity contribution in [3.8, 4) is 0 Å². The van der Waals surface area contributed by atoms with Crippen LogP contribution in [0.2, 0.25) is 0 Å². The minimum Gasteiger partial charge on any atom is -0.361 e. The van der Waals surface area contributed by atoms with Crippen LogP contribution in [0.1, 0.15) is 42.7 Å². The molecule has 2 aliphatic heterocycles. The molecule has 4 rings (SSSR count). The van der Waals surface area contributed by atoms with Crippen molar-refractivity contribution < 1.29 is 9.32 Å². The molecule has 5 nitrogen and oxygen atoms in total. The van der Waals surface area contributed by atoms with Gasteiger partial charge in [-0.05, 0) is 44.7 Å². The maximum absolute atomic E-state index is 12.8. The molecule has 1 aromatic carbocycles. The summed E-state index contributed by atoms with van der Waals surface area (Å²) < 4.78 is 5.24. The SMILES string of the molecule is Cc1cc(CC(=O)N2CCCC3(CCCN(Cc4ccccc4)C3)C2)on1. The standard InChI is InChI=1S/C22H29N3O2/c1-18-13-20(27-23-18)14-21(26)25-12-6-10-22(17-25)9-5-11-24(16-22)15-19-7-3-2-4-8-19/h2-4,7-8,13H,5-6,9-12,14-17H2,1H3. The molecule has 1 spiro atoms. The Morgan fingerprint density at radius 1 is 1.15 bits per heavy atom. The quantitative estimate of drug-likeness (QED) is 0.831. The van der Waals surface area contributed by atoms with E-state index in [4.69, 9.17) is 4.52 Å². The normalized spacial score (nSPS) is 23.7. The number of hydrogen-bond acceptors (Lipinski definition) is 4. The van der Waals surface area contributed by atoms with Gasteiger partial charge in [0.1, 0.15) is 5.76 Å². The Bertz CT molecular complexity index is 769.